The molecule has 29 heavy (non-hydrogen) atoms. The van der Waals surface area contributed by atoms with Crippen molar-refractivity contribution in [1.82, 2.24) is 14.8 Å². The molecule has 0 saturated carbocycles. The molecule has 7 nitrogen and oxygen atoms in total. The highest BCUT2D eigenvalue weighted by atomic mass is 127. The number of carbonyl (C=O) groups is 2. The van der Waals surface area contributed by atoms with Crippen LogP contribution in [0.4, 0.5) is 5.69 Å². The van der Waals surface area contributed by atoms with Gasteiger partial charge in [-0.25, -0.2) is 4.98 Å². The normalized spacial score (nSPS) is 16.5. The molecule has 1 aliphatic heterocycles. The van der Waals surface area contributed by atoms with Gasteiger partial charge >= 0.3 is 0 Å². The van der Waals surface area contributed by atoms with Crippen molar-refractivity contribution >= 4 is 51.4 Å². The summed E-state index contributed by atoms with van der Waals surface area (Å²) in [5.41, 5.74) is -0.0668. The number of benzene rings is 1. The predicted molar refractivity (Wildman–Crippen MR) is 122 cm³/mol. The summed E-state index contributed by atoms with van der Waals surface area (Å²) >= 11 is 3.54. The van der Waals surface area contributed by atoms with Crippen molar-refractivity contribution in [1.29, 1.82) is 0 Å². The second-order valence-electron chi connectivity index (χ2n) is 7.55. The number of carbonyl (C=O) groups excluding carboxylic acids is 2. The van der Waals surface area contributed by atoms with Crippen LogP contribution in [0.1, 0.15) is 23.6 Å². The van der Waals surface area contributed by atoms with E-state index in [0.29, 0.717) is 31.2 Å². The lowest BCUT2D eigenvalue weighted by atomic mass is 9.82. The number of halogens is 1. The summed E-state index contributed by atoms with van der Waals surface area (Å²) in [5, 5.41) is 15.3. The van der Waals surface area contributed by atoms with Crippen molar-refractivity contribution in [3.63, 3.8) is 0 Å². The van der Waals surface area contributed by atoms with Crippen LogP contribution in [-0.2, 0) is 4.79 Å². The first-order valence-corrected chi connectivity index (χ1v) is 11.4. The second kappa shape index (κ2) is 9.50. The van der Waals surface area contributed by atoms with Crippen molar-refractivity contribution in [2.24, 2.45) is 5.41 Å². The number of nitrogens with zero attached hydrogens (tertiary/aromatic N) is 3. The molecule has 1 aliphatic rings. The third kappa shape index (κ3) is 5.14. The van der Waals surface area contributed by atoms with E-state index in [1.165, 1.54) is 11.3 Å². The van der Waals surface area contributed by atoms with Crippen LogP contribution in [0.15, 0.2) is 35.8 Å². The topological polar surface area (TPSA) is 85.8 Å². The standard InChI is InChI=1S/C20H25IN4O3S/c1-20(2,19(28)23-15-5-3-4-14(21)12-15)16(13-26)24-7-9-25(10-8-24)18(27)17-22-6-11-29-17/h3-6,11-12,16,26H,7-10,13H2,1-2H3,(H,23,28). The Bertz CT molecular complexity index is 851. The third-order valence-electron chi connectivity index (χ3n) is 5.33. The first-order chi connectivity index (χ1) is 13.8. The number of hydrogen-bond donors (Lipinski definition) is 2. The maximum Gasteiger partial charge on any atom is 0.282 e. The molecule has 0 aliphatic carbocycles. The predicted octanol–water partition coefficient (Wildman–Crippen LogP) is 2.53. The molecule has 1 aromatic heterocycles. The molecule has 1 saturated heterocycles. The smallest absolute Gasteiger partial charge is 0.282 e. The third-order valence-corrected chi connectivity index (χ3v) is 6.76. The van der Waals surface area contributed by atoms with E-state index < -0.39 is 5.41 Å². The van der Waals surface area contributed by atoms with Crippen LogP contribution in [0.3, 0.4) is 0 Å². The van der Waals surface area contributed by atoms with Crippen molar-refractivity contribution in [3.8, 4) is 0 Å². The summed E-state index contributed by atoms with van der Waals surface area (Å²) in [4.78, 5) is 33.4. The summed E-state index contributed by atoms with van der Waals surface area (Å²) in [6, 6.07) is 7.28. The first-order valence-electron chi connectivity index (χ1n) is 9.43. The molecular formula is C20H25IN4O3S. The summed E-state index contributed by atoms with van der Waals surface area (Å²) in [6.07, 6.45) is 1.63. The molecule has 3 rings (SSSR count). The fourth-order valence-corrected chi connectivity index (χ4v) is 4.66. The van der Waals surface area contributed by atoms with E-state index in [0.717, 1.165) is 9.26 Å². The van der Waals surface area contributed by atoms with E-state index in [9.17, 15) is 14.7 Å². The van der Waals surface area contributed by atoms with Gasteiger partial charge in [0.05, 0.1) is 12.0 Å². The summed E-state index contributed by atoms with van der Waals surface area (Å²) in [6.45, 7) is 5.86. The maximum absolute atomic E-state index is 13.0. The van der Waals surface area contributed by atoms with Gasteiger partial charge in [-0.2, -0.15) is 0 Å². The fourth-order valence-electron chi connectivity index (χ4n) is 3.51. The zero-order valence-electron chi connectivity index (χ0n) is 16.5. The number of amides is 2. The number of aromatic nitrogens is 1. The maximum atomic E-state index is 13.0. The second-order valence-corrected chi connectivity index (χ2v) is 9.69. The van der Waals surface area contributed by atoms with Gasteiger partial charge in [0.15, 0.2) is 5.01 Å². The minimum absolute atomic E-state index is 0.0594. The van der Waals surface area contributed by atoms with Crippen LogP contribution in [0.5, 0.6) is 0 Å². The van der Waals surface area contributed by atoms with Crippen molar-refractivity contribution < 1.29 is 14.7 Å². The van der Waals surface area contributed by atoms with E-state index in [2.05, 4.69) is 37.8 Å². The number of aliphatic hydroxyl groups excluding tert-OH is 1. The molecule has 0 spiro atoms. The number of rotatable bonds is 6. The number of thiazole rings is 1. The number of piperazine rings is 1. The summed E-state index contributed by atoms with van der Waals surface area (Å²) in [5.74, 6) is -0.198. The van der Waals surface area contributed by atoms with Crippen molar-refractivity contribution in [2.75, 3.05) is 38.1 Å². The quantitative estimate of drug-likeness (QED) is 0.564. The molecule has 0 radical (unpaired) electrons. The lowest BCUT2D eigenvalue weighted by Gasteiger charge is -2.44. The molecule has 2 heterocycles. The number of aliphatic hydroxyl groups is 1. The van der Waals surface area contributed by atoms with E-state index in [4.69, 9.17) is 0 Å². The molecular weight excluding hydrogens is 503 g/mol. The number of anilines is 1. The molecule has 2 aromatic rings. The van der Waals surface area contributed by atoms with Crippen LogP contribution in [0, 0.1) is 8.99 Å². The highest BCUT2D eigenvalue weighted by Crippen LogP contribution is 2.28. The molecule has 1 unspecified atom stereocenters. The molecule has 2 amide bonds. The molecule has 1 aromatic carbocycles. The van der Waals surface area contributed by atoms with Gasteiger partial charge < -0.3 is 15.3 Å². The number of hydrogen-bond acceptors (Lipinski definition) is 6. The van der Waals surface area contributed by atoms with Crippen LogP contribution in [0.25, 0.3) is 0 Å². The Kier molecular flexibility index (Phi) is 7.25. The number of nitrogens with one attached hydrogen (secondary N) is 1. The van der Waals surface area contributed by atoms with Gasteiger partial charge in [-0.1, -0.05) is 6.07 Å². The Morgan fingerprint density at radius 2 is 2.03 bits per heavy atom. The molecule has 1 atom stereocenters. The van der Waals surface area contributed by atoms with Gasteiger partial charge in [-0.15, -0.1) is 11.3 Å². The first kappa shape index (κ1) is 22.1. The van der Waals surface area contributed by atoms with Crippen LogP contribution in [-0.4, -0.2) is 70.5 Å². The Hall–Kier alpha value is -1.56. The lowest BCUT2D eigenvalue weighted by Crippen LogP contribution is -2.59. The molecule has 156 valence electrons. The molecule has 2 N–H and O–H groups in total. The summed E-state index contributed by atoms with van der Waals surface area (Å²) < 4.78 is 1.04. The average Bonchev–Trinajstić information content (AvgIpc) is 3.23. The largest absolute Gasteiger partial charge is 0.395 e. The molecule has 9 heteroatoms. The lowest BCUT2D eigenvalue weighted by molar-refractivity contribution is -0.129. The summed E-state index contributed by atoms with van der Waals surface area (Å²) in [7, 11) is 0. The van der Waals surface area contributed by atoms with E-state index in [-0.39, 0.29) is 24.5 Å². The molecule has 0 bridgehead atoms. The van der Waals surface area contributed by atoms with Gasteiger partial charge in [0.2, 0.25) is 5.91 Å². The van der Waals surface area contributed by atoms with E-state index in [1.54, 1.807) is 16.5 Å². The van der Waals surface area contributed by atoms with E-state index in [1.807, 2.05) is 38.1 Å². The van der Waals surface area contributed by atoms with Crippen LogP contribution >= 0.6 is 33.9 Å². The van der Waals surface area contributed by atoms with Crippen molar-refractivity contribution in [3.05, 3.63) is 44.4 Å². The monoisotopic (exact) mass is 528 g/mol. The zero-order chi connectivity index (χ0) is 21.0. The van der Waals surface area contributed by atoms with Gasteiger partial charge in [-0.3, -0.25) is 14.5 Å². The fraction of sp³-hybridized carbons (Fsp3) is 0.450. The van der Waals surface area contributed by atoms with Gasteiger partial charge in [0, 0.05) is 53.1 Å². The Morgan fingerprint density at radius 3 is 2.62 bits per heavy atom. The molecule has 1 fully saturated rings. The van der Waals surface area contributed by atoms with Crippen molar-refractivity contribution in [2.45, 2.75) is 19.9 Å². The Balaban J connectivity index is 1.63. The highest BCUT2D eigenvalue weighted by Gasteiger charge is 2.41. The van der Waals surface area contributed by atoms with Crippen LogP contribution in [0.2, 0.25) is 0 Å². The van der Waals surface area contributed by atoms with Gasteiger partial charge in [0.25, 0.3) is 5.91 Å². The van der Waals surface area contributed by atoms with Gasteiger partial charge in [-0.05, 0) is 54.6 Å². The van der Waals surface area contributed by atoms with E-state index >= 15 is 0 Å². The minimum Gasteiger partial charge on any atom is -0.395 e. The SMILES string of the molecule is CC(C)(C(=O)Nc1cccc(I)c1)C(CO)N1CCN(C(=O)c2nccs2)CC1. The highest BCUT2D eigenvalue weighted by molar-refractivity contribution is 14.1. The van der Waals surface area contributed by atoms with Crippen LogP contribution < -0.4 is 5.32 Å². The minimum atomic E-state index is -0.808. The average molecular weight is 528 g/mol. The zero-order valence-corrected chi connectivity index (χ0v) is 19.4. The Labute approximate surface area is 188 Å². The van der Waals surface area contributed by atoms with Gasteiger partial charge in [0.1, 0.15) is 0 Å². The Morgan fingerprint density at radius 1 is 1.31 bits per heavy atom.